The quantitative estimate of drug-likeness (QED) is 0.360. The number of methoxy groups -OCH3 is 1. The molecule has 33 heavy (non-hydrogen) atoms. The zero-order valence-corrected chi connectivity index (χ0v) is 20.4. The molecule has 1 aromatic carbocycles. The number of hydrogen-bond acceptors (Lipinski definition) is 6. The lowest BCUT2D eigenvalue weighted by Gasteiger charge is -2.26. The molecule has 1 aromatic rings. The summed E-state index contributed by atoms with van der Waals surface area (Å²) in [5.74, 6) is -1.39. The van der Waals surface area contributed by atoms with Crippen LogP contribution in [0.1, 0.15) is 64.0 Å². The number of ether oxygens (including phenoxy) is 2. The lowest BCUT2D eigenvalue weighted by atomic mass is 10.1. The lowest BCUT2D eigenvalue weighted by Crippen LogP contribution is -2.45. The van der Waals surface area contributed by atoms with Crippen LogP contribution >= 0.6 is 0 Å². The molecular weight excluding hydrogens is 429 g/mol. The number of nitrogens with two attached hydrogens (primary N) is 1. The summed E-state index contributed by atoms with van der Waals surface area (Å²) in [5.41, 5.74) is 6.67. The van der Waals surface area contributed by atoms with Gasteiger partial charge in [0.15, 0.2) is 0 Å². The lowest BCUT2D eigenvalue weighted by molar-refractivity contribution is -0.144. The number of carbonyl (C=O) groups is 3. The highest BCUT2D eigenvalue weighted by molar-refractivity contribution is 5.86. The Balaban J connectivity index is 2.59. The maximum absolute atomic E-state index is 14.3. The van der Waals surface area contributed by atoms with Crippen molar-refractivity contribution in [2.45, 2.75) is 78.0 Å². The van der Waals surface area contributed by atoms with Gasteiger partial charge in [-0.05, 0) is 46.6 Å². The highest BCUT2D eigenvalue weighted by Gasteiger charge is 2.24. The number of carbonyl (C=O) groups excluding carboxylic acids is 3. The number of benzene rings is 1. The molecule has 9 heteroatoms. The third kappa shape index (κ3) is 11.7. The van der Waals surface area contributed by atoms with E-state index in [1.54, 1.807) is 32.9 Å². The van der Waals surface area contributed by atoms with Crippen molar-refractivity contribution in [3.63, 3.8) is 0 Å². The molecule has 1 rings (SSSR count). The van der Waals surface area contributed by atoms with Crippen LogP contribution in [0.4, 0.5) is 9.18 Å². The number of hydrogen-bond donors (Lipinski definition) is 2. The summed E-state index contributed by atoms with van der Waals surface area (Å²) < 4.78 is 24.0. The molecule has 0 aromatic heterocycles. The van der Waals surface area contributed by atoms with Crippen molar-refractivity contribution in [2.75, 3.05) is 20.2 Å². The second kappa shape index (κ2) is 13.8. The molecule has 0 heterocycles. The topological polar surface area (TPSA) is 111 Å². The van der Waals surface area contributed by atoms with Crippen molar-refractivity contribution >= 4 is 18.0 Å². The van der Waals surface area contributed by atoms with E-state index in [1.165, 1.54) is 18.1 Å². The van der Waals surface area contributed by atoms with Crippen LogP contribution in [0.5, 0.6) is 0 Å². The molecule has 0 radical (unpaired) electrons. The van der Waals surface area contributed by atoms with Crippen LogP contribution in [0.2, 0.25) is 0 Å². The molecule has 0 saturated carbocycles. The highest BCUT2D eigenvalue weighted by Crippen LogP contribution is 2.15. The van der Waals surface area contributed by atoms with Crippen LogP contribution in [0.3, 0.4) is 0 Å². The Labute approximate surface area is 196 Å². The second-order valence-electron chi connectivity index (χ2n) is 9.08. The van der Waals surface area contributed by atoms with E-state index in [2.05, 4.69) is 10.1 Å². The van der Waals surface area contributed by atoms with E-state index in [-0.39, 0.29) is 13.0 Å². The minimum Gasteiger partial charge on any atom is -0.469 e. The molecule has 0 aliphatic rings. The van der Waals surface area contributed by atoms with Crippen LogP contribution in [-0.4, -0.2) is 54.7 Å². The van der Waals surface area contributed by atoms with Crippen molar-refractivity contribution in [3.8, 4) is 0 Å². The molecule has 8 nitrogen and oxygen atoms in total. The zero-order chi connectivity index (χ0) is 25.0. The molecule has 0 spiro atoms. The molecule has 186 valence electrons. The van der Waals surface area contributed by atoms with Gasteiger partial charge in [0, 0.05) is 25.2 Å². The van der Waals surface area contributed by atoms with Crippen LogP contribution in [0, 0.1) is 12.7 Å². The van der Waals surface area contributed by atoms with Crippen LogP contribution < -0.4 is 11.1 Å². The molecule has 0 saturated heterocycles. The van der Waals surface area contributed by atoms with Gasteiger partial charge in [-0.3, -0.25) is 9.59 Å². The summed E-state index contributed by atoms with van der Waals surface area (Å²) in [6.07, 6.45) is 2.41. The van der Waals surface area contributed by atoms with Gasteiger partial charge in [-0.2, -0.15) is 0 Å². The Morgan fingerprint density at radius 3 is 2.45 bits per heavy atom. The normalized spacial score (nSPS) is 12.1. The first-order chi connectivity index (χ1) is 15.4. The number of aryl methyl sites for hydroxylation is 1. The van der Waals surface area contributed by atoms with E-state index < -0.39 is 35.4 Å². The third-order valence-corrected chi connectivity index (χ3v) is 4.83. The monoisotopic (exact) mass is 467 g/mol. The van der Waals surface area contributed by atoms with Gasteiger partial charge < -0.3 is 25.4 Å². The van der Waals surface area contributed by atoms with Crippen LogP contribution in [0.15, 0.2) is 18.2 Å². The Morgan fingerprint density at radius 1 is 1.15 bits per heavy atom. The van der Waals surface area contributed by atoms with Crippen molar-refractivity contribution < 1.29 is 28.2 Å². The first kappa shape index (κ1) is 28.4. The molecule has 0 fully saturated rings. The summed E-state index contributed by atoms with van der Waals surface area (Å²) in [6.45, 7) is 8.21. The van der Waals surface area contributed by atoms with E-state index in [0.717, 1.165) is 24.8 Å². The largest absolute Gasteiger partial charge is 0.469 e. The first-order valence-corrected chi connectivity index (χ1v) is 11.3. The first-order valence-electron chi connectivity index (χ1n) is 11.3. The van der Waals surface area contributed by atoms with Crippen molar-refractivity contribution in [3.05, 3.63) is 35.1 Å². The van der Waals surface area contributed by atoms with Crippen LogP contribution in [-0.2, 0) is 25.6 Å². The Bertz CT molecular complexity index is 795. The minimum atomic E-state index is -1.05. The van der Waals surface area contributed by atoms with Crippen molar-refractivity contribution in [1.82, 2.24) is 10.2 Å². The summed E-state index contributed by atoms with van der Waals surface area (Å²) in [6, 6.07) is 3.69. The smallest absolute Gasteiger partial charge is 0.407 e. The van der Waals surface area contributed by atoms with E-state index in [0.29, 0.717) is 25.1 Å². The highest BCUT2D eigenvalue weighted by atomic mass is 19.1. The average Bonchev–Trinajstić information content (AvgIpc) is 2.72. The molecule has 0 unspecified atom stereocenters. The number of nitrogens with one attached hydrogen (secondary N) is 1. The van der Waals surface area contributed by atoms with E-state index in [1.807, 2.05) is 6.92 Å². The van der Waals surface area contributed by atoms with Gasteiger partial charge >= 0.3 is 12.1 Å². The van der Waals surface area contributed by atoms with Gasteiger partial charge in [0.05, 0.1) is 19.6 Å². The van der Waals surface area contributed by atoms with Crippen LogP contribution in [0.25, 0.3) is 0 Å². The Kier molecular flexibility index (Phi) is 11.8. The SMILES string of the molecule is COC(=O)C[C@H](N)C(=O)N(CCCCCCNC(=O)OC(C)(C)C)Cc1cc(C)ccc1F. The number of alkyl carbamates (subject to hydrolysis) is 1. The maximum Gasteiger partial charge on any atom is 0.407 e. The second-order valence-corrected chi connectivity index (χ2v) is 9.08. The summed E-state index contributed by atoms with van der Waals surface area (Å²) in [4.78, 5) is 37.5. The molecule has 0 aliphatic heterocycles. The van der Waals surface area contributed by atoms with Crippen molar-refractivity contribution in [1.29, 1.82) is 0 Å². The fourth-order valence-electron chi connectivity index (χ4n) is 3.17. The van der Waals surface area contributed by atoms with Gasteiger partial charge in [0.2, 0.25) is 5.91 Å². The Morgan fingerprint density at radius 2 is 1.82 bits per heavy atom. The molecule has 0 aliphatic carbocycles. The van der Waals surface area contributed by atoms with E-state index in [9.17, 15) is 18.8 Å². The molecule has 2 amide bonds. The van der Waals surface area contributed by atoms with E-state index >= 15 is 0 Å². The minimum absolute atomic E-state index is 0.0709. The zero-order valence-electron chi connectivity index (χ0n) is 20.4. The van der Waals surface area contributed by atoms with E-state index in [4.69, 9.17) is 10.5 Å². The van der Waals surface area contributed by atoms with Gasteiger partial charge in [0.25, 0.3) is 0 Å². The fraction of sp³-hybridized carbons (Fsp3) is 0.625. The number of rotatable bonds is 12. The number of esters is 1. The summed E-state index contributed by atoms with van der Waals surface area (Å²) in [7, 11) is 1.23. The molecular formula is C24H38FN3O5. The van der Waals surface area contributed by atoms with Crippen molar-refractivity contribution in [2.24, 2.45) is 5.73 Å². The van der Waals surface area contributed by atoms with Gasteiger partial charge in [-0.1, -0.05) is 30.5 Å². The fourth-order valence-corrected chi connectivity index (χ4v) is 3.17. The standard InChI is InChI=1S/C24H38FN3O5/c1-17-10-11-19(25)18(14-17)16-28(22(30)20(26)15-21(29)32-5)13-9-7-6-8-12-27-23(31)33-24(2,3)4/h10-11,14,20H,6-9,12-13,15-16,26H2,1-5H3,(H,27,31)/t20-/m0/s1. The van der Waals surface area contributed by atoms with Gasteiger partial charge in [-0.15, -0.1) is 0 Å². The average molecular weight is 468 g/mol. The predicted molar refractivity (Wildman–Crippen MR) is 124 cm³/mol. The maximum atomic E-state index is 14.3. The third-order valence-electron chi connectivity index (χ3n) is 4.83. The van der Waals surface area contributed by atoms with Gasteiger partial charge in [-0.25, -0.2) is 9.18 Å². The van der Waals surface area contributed by atoms with Gasteiger partial charge in [0.1, 0.15) is 11.4 Å². The number of nitrogens with zero attached hydrogens (tertiary/aromatic N) is 1. The summed E-state index contributed by atoms with van der Waals surface area (Å²) in [5, 5.41) is 2.71. The Hall–Kier alpha value is -2.68. The predicted octanol–water partition coefficient (Wildman–Crippen LogP) is 3.44. The number of amides is 2. The summed E-state index contributed by atoms with van der Waals surface area (Å²) >= 11 is 0. The molecule has 0 bridgehead atoms. The molecule has 1 atom stereocenters. The number of unbranched alkanes of at least 4 members (excludes halogenated alkanes) is 3. The number of halogens is 1. The molecule has 3 N–H and O–H groups in total.